The number of nitriles is 1. The highest BCUT2D eigenvalue weighted by Crippen LogP contribution is 2.29. The highest BCUT2D eigenvalue weighted by atomic mass is 16.6. The summed E-state index contributed by atoms with van der Waals surface area (Å²) in [6.07, 6.45) is -0.365. The summed E-state index contributed by atoms with van der Waals surface area (Å²) in [4.78, 5) is 21.4. The van der Waals surface area contributed by atoms with E-state index in [9.17, 15) is 14.9 Å². The van der Waals surface area contributed by atoms with Crippen molar-refractivity contribution in [2.24, 2.45) is 0 Å². The van der Waals surface area contributed by atoms with Gasteiger partial charge in [0.2, 0.25) is 5.91 Å². The molecule has 7 nitrogen and oxygen atoms in total. The fourth-order valence-corrected chi connectivity index (χ4v) is 1.30. The molecule has 0 saturated heterocycles. The molecule has 1 amide bonds. The molecule has 1 aromatic carbocycles. The van der Waals surface area contributed by atoms with Crippen LogP contribution in [0.3, 0.4) is 0 Å². The van der Waals surface area contributed by atoms with Crippen LogP contribution < -0.4 is 10.1 Å². The summed E-state index contributed by atoms with van der Waals surface area (Å²) in [5, 5.41) is 21.4. The molecule has 0 atom stereocenters. The molecule has 0 fully saturated rings. The van der Waals surface area contributed by atoms with Gasteiger partial charge in [0.25, 0.3) is 5.69 Å². The van der Waals surface area contributed by atoms with Gasteiger partial charge in [-0.05, 0) is 13.0 Å². The van der Waals surface area contributed by atoms with Gasteiger partial charge in [0.15, 0.2) is 0 Å². The molecule has 0 heterocycles. The molecule has 0 saturated carbocycles. The molecule has 0 aliphatic heterocycles. The first-order valence-electron chi connectivity index (χ1n) is 5.16. The number of nitrogens with one attached hydrogen (secondary N) is 1. The normalized spacial score (nSPS) is 9.33. The number of benzene rings is 1. The number of nitro groups is 1. The number of ether oxygens (including phenoxy) is 1. The Morgan fingerprint density at radius 3 is 2.89 bits per heavy atom. The summed E-state index contributed by atoms with van der Waals surface area (Å²) in [5.41, 5.74) is -0.226. The zero-order valence-corrected chi connectivity index (χ0v) is 9.67. The second-order valence-corrected chi connectivity index (χ2v) is 3.25. The summed E-state index contributed by atoms with van der Waals surface area (Å²) in [7, 11) is 0. The lowest BCUT2D eigenvalue weighted by molar-refractivity contribution is -0.383. The van der Waals surface area contributed by atoms with Crippen LogP contribution in [0.15, 0.2) is 18.2 Å². The van der Waals surface area contributed by atoms with Crippen LogP contribution in [0.5, 0.6) is 5.75 Å². The fourth-order valence-electron chi connectivity index (χ4n) is 1.30. The monoisotopic (exact) mass is 249 g/mol. The lowest BCUT2D eigenvalue weighted by atomic mass is 10.2. The summed E-state index contributed by atoms with van der Waals surface area (Å²) >= 11 is 0. The van der Waals surface area contributed by atoms with Crippen molar-refractivity contribution in [3.05, 3.63) is 28.3 Å². The predicted octanol–water partition coefficient (Wildman–Crippen LogP) is 1.85. The smallest absolute Gasteiger partial charge is 0.293 e. The Hall–Kier alpha value is -2.62. The van der Waals surface area contributed by atoms with E-state index in [1.54, 1.807) is 13.0 Å². The van der Waals surface area contributed by atoms with E-state index in [2.05, 4.69) is 5.32 Å². The maximum absolute atomic E-state index is 11.3. The van der Waals surface area contributed by atoms with Crippen LogP contribution in [0, 0.1) is 21.4 Å². The Kier molecular flexibility index (Phi) is 4.63. The molecule has 0 spiro atoms. The quantitative estimate of drug-likeness (QED) is 0.633. The molecule has 1 N–H and O–H groups in total. The van der Waals surface area contributed by atoms with Gasteiger partial charge < -0.3 is 10.1 Å². The minimum atomic E-state index is -0.613. The zero-order chi connectivity index (χ0) is 13.5. The second kappa shape index (κ2) is 6.20. The molecule has 0 unspecified atom stereocenters. The molecule has 1 aromatic rings. The van der Waals surface area contributed by atoms with Gasteiger partial charge in [0.05, 0.1) is 17.6 Å². The molecule has 0 radical (unpaired) electrons. The number of carbonyl (C=O) groups is 1. The van der Waals surface area contributed by atoms with Crippen molar-refractivity contribution >= 4 is 17.3 Å². The number of carbonyl (C=O) groups excluding carboxylic acids is 1. The molecular weight excluding hydrogens is 238 g/mol. The van der Waals surface area contributed by atoms with E-state index >= 15 is 0 Å². The van der Waals surface area contributed by atoms with E-state index in [0.29, 0.717) is 12.4 Å². The summed E-state index contributed by atoms with van der Waals surface area (Å²) < 4.78 is 5.18. The maximum atomic E-state index is 11.3. The summed E-state index contributed by atoms with van der Waals surface area (Å²) in [5.74, 6) is -0.190. The van der Waals surface area contributed by atoms with Crippen molar-refractivity contribution in [1.82, 2.24) is 0 Å². The van der Waals surface area contributed by atoms with E-state index in [4.69, 9.17) is 10.00 Å². The Labute approximate surface area is 103 Å². The zero-order valence-electron chi connectivity index (χ0n) is 9.67. The standard InChI is InChI=1S/C11H11N3O4/c1-2-18-8-3-4-10(14(16)17)9(7-8)13-11(15)5-6-12/h3-4,7H,2,5H2,1H3,(H,13,15). The van der Waals surface area contributed by atoms with Crippen molar-refractivity contribution in [3.63, 3.8) is 0 Å². The predicted molar refractivity (Wildman–Crippen MR) is 63.1 cm³/mol. The number of hydrogen-bond donors (Lipinski definition) is 1. The highest BCUT2D eigenvalue weighted by molar-refractivity contribution is 5.94. The van der Waals surface area contributed by atoms with Gasteiger partial charge in [-0.15, -0.1) is 0 Å². The van der Waals surface area contributed by atoms with Gasteiger partial charge in [0, 0.05) is 12.1 Å². The average Bonchev–Trinajstić information content (AvgIpc) is 2.29. The Morgan fingerprint density at radius 1 is 1.61 bits per heavy atom. The van der Waals surface area contributed by atoms with Crippen LogP contribution in [0.25, 0.3) is 0 Å². The number of amides is 1. The third-order valence-corrected chi connectivity index (χ3v) is 1.99. The van der Waals surface area contributed by atoms with Gasteiger partial charge in [-0.1, -0.05) is 0 Å². The van der Waals surface area contributed by atoms with Crippen LogP contribution >= 0.6 is 0 Å². The minimum absolute atomic E-state index is 0.0196. The van der Waals surface area contributed by atoms with Crippen molar-refractivity contribution < 1.29 is 14.5 Å². The van der Waals surface area contributed by atoms with Gasteiger partial charge in [-0.25, -0.2) is 0 Å². The summed E-state index contributed by atoms with van der Waals surface area (Å²) in [6.45, 7) is 2.18. The van der Waals surface area contributed by atoms with Crippen molar-refractivity contribution in [2.75, 3.05) is 11.9 Å². The first-order chi connectivity index (χ1) is 8.58. The maximum Gasteiger partial charge on any atom is 0.293 e. The number of anilines is 1. The first kappa shape index (κ1) is 13.4. The third kappa shape index (κ3) is 3.45. The van der Waals surface area contributed by atoms with Crippen molar-refractivity contribution in [2.45, 2.75) is 13.3 Å². The first-order valence-corrected chi connectivity index (χ1v) is 5.16. The minimum Gasteiger partial charge on any atom is -0.494 e. The molecular formula is C11H11N3O4. The van der Waals surface area contributed by atoms with Crippen LogP contribution in [-0.4, -0.2) is 17.4 Å². The molecule has 7 heteroatoms. The van der Waals surface area contributed by atoms with E-state index in [0.717, 1.165) is 0 Å². The molecule has 0 aliphatic rings. The Morgan fingerprint density at radius 2 is 2.33 bits per heavy atom. The molecule has 0 aromatic heterocycles. The largest absolute Gasteiger partial charge is 0.494 e. The Bertz CT molecular complexity index is 508. The molecule has 0 bridgehead atoms. The van der Waals surface area contributed by atoms with E-state index in [-0.39, 0.29) is 17.8 Å². The topological polar surface area (TPSA) is 105 Å². The van der Waals surface area contributed by atoms with Gasteiger partial charge in [0.1, 0.15) is 17.9 Å². The van der Waals surface area contributed by atoms with Crippen LogP contribution in [-0.2, 0) is 4.79 Å². The van der Waals surface area contributed by atoms with Gasteiger partial charge >= 0.3 is 0 Å². The lowest BCUT2D eigenvalue weighted by Gasteiger charge is -2.07. The highest BCUT2D eigenvalue weighted by Gasteiger charge is 2.16. The lowest BCUT2D eigenvalue weighted by Crippen LogP contribution is -2.11. The number of hydrogen-bond acceptors (Lipinski definition) is 5. The number of nitro benzene ring substituents is 1. The molecule has 0 aliphatic carbocycles. The van der Waals surface area contributed by atoms with Crippen LogP contribution in [0.4, 0.5) is 11.4 Å². The van der Waals surface area contributed by atoms with Gasteiger partial charge in [-0.3, -0.25) is 14.9 Å². The van der Waals surface area contributed by atoms with E-state index in [1.807, 2.05) is 0 Å². The van der Waals surface area contributed by atoms with Crippen LogP contribution in [0.2, 0.25) is 0 Å². The van der Waals surface area contributed by atoms with Gasteiger partial charge in [-0.2, -0.15) is 5.26 Å². The third-order valence-electron chi connectivity index (χ3n) is 1.99. The summed E-state index contributed by atoms with van der Waals surface area (Å²) in [6, 6.07) is 5.71. The molecule has 1 rings (SSSR count). The number of rotatable bonds is 5. The van der Waals surface area contributed by atoms with E-state index < -0.39 is 10.8 Å². The fraction of sp³-hybridized carbons (Fsp3) is 0.273. The molecule has 18 heavy (non-hydrogen) atoms. The number of nitrogens with zero attached hydrogens (tertiary/aromatic N) is 2. The second-order valence-electron chi connectivity index (χ2n) is 3.25. The molecule has 94 valence electrons. The van der Waals surface area contributed by atoms with Crippen molar-refractivity contribution in [1.29, 1.82) is 5.26 Å². The van der Waals surface area contributed by atoms with Crippen LogP contribution in [0.1, 0.15) is 13.3 Å². The van der Waals surface area contributed by atoms with E-state index in [1.165, 1.54) is 18.2 Å². The Balaban J connectivity index is 3.04. The average molecular weight is 249 g/mol. The van der Waals surface area contributed by atoms with Crippen molar-refractivity contribution in [3.8, 4) is 11.8 Å². The SMILES string of the molecule is CCOc1ccc([N+](=O)[O-])c(NC(=O)CC#N)c1.